The summed E-state index contributed by atoms with van der Waals surface area (Å²) < 4.78 is 53.2. The van der Waals surface area contributed by atoms with E-state index in [1.165, 1.54) is 31.3 Å². The third-order valence-electron chi connectivity index (χ3n) is 4.29. The lowest BCUT2D eigenvalue weighted by Crippen LogP contribution is -2.35. The Kier molecular flexibility index (Phi) is 6.03. The maximum absolute atomic E-state index is 12.7. The van der Waals surface area contributed by atoms with E-state index in [0.717, 1.165) is 22.7 Å². The van der Waals surface area contributed by atoms with Crippen LogP contribution in [-0.4, -0.2) is 51.7 Å². The zero-order valence-electron chi connectivity index (χ0n) is 16.0. The second-order valence-electron chi connectivity index (χ2n) is 6.90. The van der Waals surface area contributed by atoms with Crippen molar-refractivity contribution in [3.8, 4) is 0 Å². The Morgan fingerprint density at radius 2 is 1.69 bits per heavy atom. The predicted octanol–water partition coefficient (Wildman–Crippen LogP) is 1.09. The van der Waals surface area contributed by atoms with Gasteiger partial charge in [0.05, 0.1) is 16.3 Å². The molecular formula is C18H22N4O5S2. The Hall–Kier alpha value is -2.34. The average Bonchev–Trinajstić information content (AvgIpc) is 3.47. The number of carbonyl (C=O) groups is 1. The van der Waals surface area contributed by atoms with Crippen molar-refractivity contribution in [2.24, 2.45) is 0 Å². The highest BCUT2D eigenvalue weighted by molar-refractivity contribution is 7.89. The first-order valence-electron chi connectivity index (χ1n) is 8.89. The van der Waals surface area contributed by atoms with Gasteiger partial charge < -0.3 is 5.32 Å². The van der Waals surface area contributed by atoms with Crippen LogP contribution in [0.1, 0.15) is 18.4 Å². The van der Waals surface area contributed by atoms with Crippen LogP contribution >= 0.6 is 0 Å². The Bertz CT molecular complexity index is 1090. The van der Waals surface area contributed by atoms with Crippen LogP contribution in [0.5, 0.6) is 0 Å². The van der Waals surface area contributed by atoms with Gasteiger partial charge in [0.25, 0.3) is 0 Å². The van der Waals surface area contributed by atoms with Gasteiger partial charge in [-0.2, -0.15) is 4.31 Å². The van der Waals surface area contributed by atoms with E-state index >= 15 is 0 Å². The van der Waals surface area contributed by atoms with Crippen molar-refractivity contribution in [3.63, 3.8) is 0 Å². The molecule has 0 saturated heterocycles. The number of aromatic nitrogens is 1. The number of nitrogens with zero attached hydrogens (tertiary/aromatic N) is 2. The topological polar surface area (TPSA) is 126 Å². The number of rotatable bonds is 8. The molecule has 1 aliphatic carbocycles. The number of hydrogen-bond donors (Lipinski definition) is 2. The third kappa shape index (κ3) is 5.38. The molecule has 1 aromatic carbocycles. The number of sulfonamides is 2. The van der Waals surface area contributed by atoms with E-state index in [2.05, 4.69) is 15.0 Å². The molecule has 29 heavy (non-hydrogen) atoms. The van der Waals surface area contributed by atoms with Gasteiger partial charge in [0, 0.05) is 19.3 Å². The van der Waals surface area contributed by atoms with Crippen LogP contribution < -0.4 is 10.0 Å². The fourth-order valence-corrected chi connectivity index (χ4v) is 4.90. The number of nitrogens with one attached hydrogen (secondary N) is 2. The summed E-state index contributed by atoms with van der Waals surface area (Å²) in [6.45, 7) is 1.44. The van der Waals surface area contributed by atoms with Crippen LogP contribution in [0.25, 0.3) is 0 Å². The molecule has 0 spiro atoms. The number of benzene rings is 1. The first-order valence-corrected chi connectivity index (χ1v) is 11.8. The lowest BCUT2D eigenvalue weighted by molar-refractivity contribution is -0.116. The molecule has 0 unspecified atom stereocenters. The molecule has 3 rings (SSSR count). The van der Waals surface area contributed by atoms with Crippen LogP contribution in [-0.2, 0) is 24.8 Å². The minimum absolute atomic E-state index is 0.00538. The number of carbonyl (C=O) groups excluding carboxylic acids is 1. The van der Waals surface area contributed by atoms with Gasteiger partial charge in [0.2, 0.25) is 26.0 Å². The highest BCUT2D eigenvalue weighted by Crippen LogP contribution is 2.23. The summed E-state index contributed by atoms with van der Waals surface area (Å²) in [5, 5.41) is 2.53. The average molecular weight is 439 g/mol. The second kappa shape index (κ2) is 8.19. The Morgan fingerprint density at radius 3 is 2.24 bits per heavy atom. The monoisotopic (exact) mass is 438 g/mol. The van der Waals surface area contributed by atoms with Gasteiger partial charge in [-0.05, 0) is 55.7 Å². The zero-order chi connectivity index (χ0) is 21.2. The molecule has 1 heterocycles. The zero-order valence-corrected chi connectivity index (χ0v) is 17.6. The molecule has 1 fully saturated rings. The van der Waals surface area contributed by atoms with Crippen LogP contribution in [0, 0.1) is 6.92 Å². The maximum Gasteiger partial charge on any atom is 0.243 e. The van der Waals surface area contributed by atoms with Crippen molar-refractivity contribution < 1.29 is 21.6 Å². The van der Waals surface area contributed by atoms with Gasteiger partial charge in [0.1, 0.15) is 5.82 Å². The Morgan fingerprint density at radius 1 is 1.07 bits per heavy atom. The van der Waals surface area contributed by atoms with E-state index in [-0.39, 0.29) is 15.8 Å². The van der Waals surface area contributed by atoms with Crippen LogP contribution in [0.3, 0.4) is 0 Å². The fraction of sp³-hybridized carbons (Fsp3) is 0.333. The number of pyridine rings is 1. The summed E-state index contributed by atoms with van der Waals surface area (Å²) in [6, 6.07) is 8.26. The SMILES string of the molecule is Cc1ccc(NC(=O)CN(C)S(=O)(=O)c2ccc(S(=O)(=O)NC3CC3)cc2)nc1. The predicted molar refractivity (Wildman–Crippen MR) is 107 cm³/mol. The van der Waals surface area contributed by atoms with Gasteiger partial charge in [0.15, 0.2) is 0 Å². The summed E-state index contributed by atoms with van der Waals surface area (Å²) >= 11 is 0. The fourth-order valence-electron chi connectivity index (χ4n) is 2.47. The van der Waals surface area contributed by atoms with E-state index < -0.39 is 32.5 Å². The number of hydrogen-bond acceptors (Lipinski definition) is 6. The van der Waals surface area contributed by atoms with Gasteiger partial charge in [-0.1, -0.05) is 6.07 Å². The molecule has 0 radical (unpaired) electrons. The number of amides is 1. The van der Waals surface area contributed by atoms with Crippen LogP contribution in [0.4, 0.5) is 5.82 Å². The minimum atomic E-state index is -3.97. The number of aryl methyl sites for hydroxylation is 1. The maximum atomic E-state index is 12.7. The second-order valence-corrected chi connectivity index (χ2v) is 10.7. The summed E-state index contributed by atoms with van der Waals surface area (Å²) in [7, 11) is -6.36. The summed E-state index contributed by atoms with van der Waals surface area (Å²) in [6.07, 6.45) is 3.19. The van der Waals surface area contributed by atoms with Crippen molar-refractivity contribution in [1.82, 2.24) is 14.0 Å². The van der Waals surface area contributed by atoms with E-state index in [0.29, 0.717) is 5.82 Å². The molecular weight excluding hydrogens is 416 g/mol. The largest absolute Gasteiger partial charge is 0.310 e. The molecule has 0 atom stereocenters. The molecule has 2 N–H and O–H groups in total. The highest BCUT2D eigenvalue weighted by Gasteiger charge is 2.29. The molecule has 1 aliphatic rings. The highest BCUT2D eigenvalue weighted by atomic mass is 32.2. The lowest BCUT2D eigenvalue weighted by atomic mass is 10.3. The summed E-state index contributed by atoms with van der Waals surface area (Å²) in [4.78, 5) is 16.1. The van der Waals surface area contributed by atoms with Crippen LogP contribution in [0.2, 0.25) is 0 Å². The summed E-state index contributed by atoms with van der Waals surface area (Å²) in [5.74, 6) is -0.218. The van der Waals surface area contributed by atoms with Gasteiger partial charge in [-0.25, -0.2) is 26.5 Å². The van der Waals surface area contributed by atoms with Gasteiger partial charge >= 0.3 is 0 Å². The quantitative estimate of drug-likeness (QED) is 0.635. The summed E-state index contributed by atoms with van der Waals surface area (Å²) in [5.41, 5.74) is 0.931. The van der Waals surface area contributed by atoms with E-state index in [1.54, 1.807) is 18.3 Å². The molecule has 1 amide bonds. The minimum Gasteiger partial charge on any atom is -0.310 e. The van der Waals surface area contributed by atoms with Gasteiger partial charge in [-0.3, -0.25) is 4.79 Å². The first-order chi connectivity index (χ1) is 13.6. The normalized spacial score (nSPS) is 14.7. The van der Waals surface area contributed by atoms with E-state index in [9.17, 15) is 21.6 Å². The molecule has 0 bridgehead atoms. The van der Waals surface area contributed by atoms with Gasteiger partial charge in [-0.15, -0.1) is 0 Å². The van der Waals surface area contributed by atoms with Crippen molar-refractivity contribution >= 4 is 31.8 Å². The van der Waals surface area contributed by atoms with Crippen LogP contribution in [0.15, 0.2) is 52.4 Å². The first kappa shape index (κ1) is 21.4. The third-order valence-corrected chi connectivity index (χ3v) is 7.64. The molecule has 156 valence electrons. The molecule has 2 aromatic rings. The standard InChI is InChI=1S/C18H22N4O5S2/c1-13-3-10-17(19-11-13)20-18(23)12-22(2)29(26,27)16-8-6-15(7-9-16)28(24,25)21-14-4-5-14/h3,6-11,14,21H,4-5,12H2,1-2H3,(H,19,20,23). The van der Waals surface area contributed by atoms with E-state index in [1.807, 2.05) is 6.92 Å². The molecule has 1 aromatic heterocycles. The Balaban J connectivity index is 1.67. The lowest BCUT2D eigenvalue weighted by Gasteiger charge is -2.17. The molecule has 9 nitrogen and oxygen atoms in total. The number of anilines is 1. The molecule has 1 saturated carbocycles. The van der Waals surface area contributed by atoms with Crippen molar-refractivity contribution in [2.75, 3.05) is 18.9 Å². The molecule has 11 heteroatoms. The number of likely N-dealkylation sites (N-methyl/N-ethyl adjacent to an activating group) is 1. The van der Waals surface area contributed by atoms with Crippen molar-refractivity contribution in [2.45, 2.75) is 35.6 Å². The van der Waals surface area contributed by atoms with Crippen molar-refractivity contribution in [1.29, 1.82) is 0 Å². The molecule has 0 aliphatic heterocycles. The Labute approximate surface area is 170 Å². The van der Waals surface area contributed by atoms with Crippen molar-refractivity contribution in [3.05, 3.63) is 48.2 Å². The van der Waals surface area contributed by atoms with E-state index in [4.69, 9.17) is 0 Å². The smallest absolute Gasteiger partial charge is 0.243 e.